The first-order chi connectivity index (χ1) is 11.6. The van der Waals surface area contributed by atoms with Crippen LogP contribution in [0.2, 0.25) is 0 Å². The lowest BCUT2D eigenvalue weighted by molar-refractivity contribution is 0.601. The van der Waals surface area contributed by atoms with E-state index in [1.165, 1.54) is 6.26 Å². The monoisotopic (exact) mass is 363 g/mol. The van der Waals surface area contributed by atoms with Crippen molar-refractivity contribution in [1.29, 1.82) is 0 Å². The zero-order valence-electron chi connectivity index (χ0n) is 15.3. The Morgan fingerprint density at radius 2 is 1.72 bits per heavy atom. The predicted molar refractivity (Wildman–Crippen MR) is 101 cm³/mol. The van der Waals surface area contributed by atoms with E-state index >= 15 is 0 Å². The fourth-order valence-corrected chi connectivity index (χ4v) is 2.69. The highest BCUT2D eigenvalue weighted by Crippen LogP contribution is 2.19. The maximum Gasteiger partial charge on any atom is 0.232 e. The van der Waals surface area contributed by atoms with Gasteiger partial charge in [-0.2, -0.15) is 15.0 Å². The van der Waals surface area contributed by atoms with Crippen LogP contribution in [-0.2, 0) is 16.3 Å². The van der Waals surface area contributed by atoms with Crippen LogP contribution in [0.25, 0.3) is 0 Å². The molecule has 0 aliphatic rings. The van der Waals surface area contributed by atoms with Crippen molar-refractivity contribution >= 4 is 27.4 Å². The summed E-state index contributed by atoms with van der Waals surface area (Å²) < 4.78 is 22.5. The zero-order chi connectivity index (χ0) is 18.6. The highest BCUT2D eigenvalue weighted by Gasteiger charge is 2.11. The summed E-state index contributed by atoms with van der Waals surface area (Å²) in [4.78, 5) is 15.2. The van der Waals surface area contributed by atoms with E-state index in [2.05, 4.69) is 20.3 Å². The minimum atomic E-state index is -2.95. The third kappa shape index (κ3) is 5.97. The summed E-state index contributed by atoms with van der Waals surface area (Å²) in [5, 5.41) is 3.19. The van der Waals surface area contributed by atoms with Crippen molar-refractivity contribution < 1.29 is 8.42 Å². The SMILES string of the molecule is CC(C)c1nc(Nc2ccc(CCS(C)(=O)=O)cc2)nc(N(C)C)n1. The summed E-state index contributed by atoms with van der Waals surface area (Å²) in [6, 6.07) is 7.60. The first-order valence-corrected chi connectivity index (χ1v) is 10.2. The first kappa shape index (κ1) is 19.1. The van der Waals surface area contributed by atoms with Gasteiger partial charge in [0.1, 0.15) is 15.7 Å². The molecule has 0 amide bonds. The summed E-state index contributed by atoms with van der Waals surface area (Å²) in [5.41, 5.74) is 1.82. The molecule has 2 rings (SSSR count). The number of anilines is 3. The van der Waals surface area contributed by atoms with Gasteiger partial charge >= 0.3 is 0 Å². The highest BCUT2D eigenvalue weighted by molar-refractivity contribution is 7.90. The Morgan fingerprint density at radius 1 is 1.08 bits per heavy atom. The average molecular weight is 363 g/mol. The smallest absolute Gasteiger partial charge is 0.232 e. The van der Waals surface area contributed by atoms with Crippen molar-refractivity contribution in [3.05, 3.63) is 35.7 Å². The van der Waals surface area contributed by atoms with Gasteiger partial charge in [-0.25, -0.2) is 8.42 Å². The summed E-state index contributed by atoms with van der Waals surface area (Å²) in [6.07, 6.45) is 1.76. The minimum absolute atomic E-state index is 0.150. The van der Waals surface area contributed by atoms with Crippen molar-refractivity contribution in [3.63, 3.8) is 0 Å². The highest BCUT2D eigenvalue weighted by atomic mass is 32.2. The van der Waals surface area contributed by atoms with Crippen LogP contribution in [0.3, 0.4) is 0 Å². The molecule has 7 nitrogen and oxygen atoms in total. The van der Waals surface area contributed by atoms with Gasteiger partial charge in [0.2, 0.25) is 11.9 Å². The second kappa shape index (κ2) is 7.77. The molecule has 1 aromatic heterocycles. The van der Waals surface area contributed by atoms with Crippen molar-refractivity contribution in [3.8, 4) is 0 Å². The molecule has 0 aliphatic heterocycles. The predicted octanol–water partition coefficient (Wildman–Crippen LogP) is 2.39. The number of rotatable bonds is 7. The Labute approximate surface area is 149 Å². The van der Waals surface area contributed by atoms with Gasteiger partial charge in [-0.3, -0.25) is 0 Å². The number of sulfone groups is 1. The second-order valence-electron chi connectivity index (χ2n) is 6.57. The lowest BCUT2D eigenvalue weighted by Gasteiger charge is -2.15. The molecule has 0 saturated heterocycles. The lowest BCUT2D eigenvalue weighted by atomic mass is 10.1. The summed E-state index contributed by atoms with van der Waals surface area (Å²) in [7, 11) is 0.823. The zero-order valence-corrected chi connectivity index (χ0v) is 16.1. The first-order valence-electron chi connectivity index (χ1n) is 8.11. The van der Waals surface area contributed by atoms with E-state index in [0.717, 1.165) is 17.1 Å². The number of nitrogens with zero attached hydrogens (tertiary/aromatic N) is 4. The number of aryl methyl sites for hydroxylation is 1. The molecule has 1 heterocycles. The molecule has 0 atom stereocenters. The van der Waals surface area contributed by atoms with Gasteiger partial charge < -0.3 is 10.2 Å². The number of nitrogens with one attached hydrogen (secondary N) is 1. The molecule has 1 N–H and O–H groups in total. The van der Waals surface area contributed by atoms with Gasteiger partial charge in [0.05, 0.1) is 5.75 Å². The molecule has 136 valence electrons. The fraction of sp³-hybridized carbons (Fsp3) is 0.471. The molecule has 0 unspecified atom stereocenters. The number of hydrogen-bond donors (Lipinski definition) is 1. The van der Waals surface area contributed by atoms with E-state index in [-0.39, 0.29) is 11.7 Å². The van der Waals surface area contributed by atoms with Crippen molar-refractivity contribution in [2.45, 2.75) is 26.2 Å². The molecule has 0 radical (unpaired) electrons. The van der Waals surface area contributed by atoms with Crippen LogP contribution in [0.4, 0.5) is 17.6 Å². The molecule has 25 heavy (non-hydrogen) atoms. The Hall–Kier alpha value is -2.22. The van der Waals surface area contributed by atoms with Gasteiger partial charge in [-0.05, 0) is 24.1 Å². The Balaban J connectivity index is 2.16. The van der Waals surface area contributed by atoms with Crippen LogP contribution >= 0.6 is 0 Å². The van der Waals surface area contributed by atoms with Gasteiger partial charge in [-0.15, -0.1) is 0 Å². The van der Waals surface area contributed by atoms with Crippen LogP contribution in [-0.4, -0.2) is 49.5 Å². The Bertz CT molecular complexity index is 791. The molecule has 0 fully saturated rings. The maximum absolute atomic E-state index is 11.2. The van der Waals surface area contributed by atoms with Gasteiger partial charge in [0.25, 0.3) is 0 Å². The fourth-order valence-electron chi connectivity index (χ4n) is 2.08. The molecular formula is C17H25N5O2S. The quantitative estimate of drug-likeness (QED) is 0.808. The van der Waals surface area contributed by atoms with Gasteiger partial charge in [0.15, 0.2) is 0 Å². The average Bonchev–Trinajstić information content (AvgIpc) is 2.53. The molecule has 0 spiro atoms. The number of aromatic nitrogens is 3. The Kier molecular flexibility index (Phi) is 5.94. The van der Waals surface area contributed by atoms with E-state index in [9.17, 15) is 8.42 Å². The molecule has 8 heteroatoms. The molecule has 0 bridgehead atoms. The summed E-state index contributed by atoms with van der Waals surface area (Å²) in [5.74, 6) is 2.17. The standard InChI is InChI=1S/C17H25N5O2S/c1-12(2)15-19-16(21-17(20-15)22(3)4)18-14-8-6-13(7-9-14)10-11-25(5,23)24/h6-9,12H,10-11H2,1-5H3,(H,18,19,20,21). The van der Waals surface area contributed by atoms with Gasteiger partial charge in [0, 0.05) is 32.0 Å². The second-order valence-corrected chi connectivity index (χ2v) is 8.83. The normalized spacial score (nSPS) is 11.6. The van der Waals surface area contributed by atoms with Gasteiger partial charge in [-0.1, -0.05) is 26.0 Å². The summed E-state index contributed by atoms with van der Waals surface area (Å²) >= 11 is 0. The third-order valence-electron chi connectivity index (χ3n) is 3.53. The number of hydrogen-bond acceptors (Lipinski definition) is 7. The Morgan fingerprint density at radius 3 is 2.24 bits per heavy atom. The van der Waals surface area contributed by atoms with Crippen LogP contribution in [0.1, 0.15) is 31.2 Å². The van der Waals surface area contributed by atoms with Crippen molar-refractivity contribution in [2.75, 3.05) is 36.3 Å². The topological polar surface area (TPSA) is 88.1 Å². The molecule has 2 aromatic rings. The maximum atomic E-state index is 11.2. The van der Waals surface area contributed by atoms with Crippen molar-refractivity contribution in [1.82, 2.24) is 15.0 Å². The van der Waals surface area contributed by atoms with E-state index in [1.54, 1.807) is 0 Å². The van der Waals surface area contributed by atoms with Crippen LogP contribution in [0.5, 0.6) is 0 Å². The van der Waals surface area contributed by atoms with E-state index in [4.69, 9.17) is 0 Å². The minimum Gasteiger partial charge on any atom is -0.347 e. The van der Waals surface area contributed by atoms with Crippen molar-refractivity contribution in [2.24, 2.45) is 0 Å². The van der Waals surface area contributed by atoms with Crippen LogP contribution < -0.4 is 10.2 Å². The molecule has 0 saturated carbocycles. The lowest BCUT2D eigenvalue weighted by Crippen LogP contribution is -2.16. The molecule has 0 aliphatic carbocycles. The van der Waals surface area contributed by atoms with E-state index in [1.807, 2.05) is 57.1 Å². The molecular weight excluding hydrogens is 338 g/mol. The number of benzene rings is 1. The van der Waals surface area contributed by atoms with E-state index < -0.39 is 9.84 Å². The van der Waals surface area contributed by atoms with Crippen LogP contribution in [0, 0.1) is 0 Å². The van der Waals surface area contributed by atoms with Crippen LogP contribution in [0.15, 0.2) is 24.3 Å². The molecule has 1 aromatic carbocycles. The summed E-state index contributed by atoms with van der Waals surface area (Å²) in [6.45, 7) is 4.07. The van der Waals surface area contributed by atoms with E-state index in [0.29, 0.717) is 18.3 Å². The largest absolute Gasteiger partial charge is 0.347 e. The third-order valence-corrected chi connectivity index (χ3v) is 4.47.